The Hall–Kier alpha value is -2.11. The molecule has 0 aliphatic carbocycles. The fourth-order valence-electron chi connectivity index (χ4n) is 2.34. The quantitative estimate of drug-likeness (QED) is 0.300. The van der Waals surface area contributed by atoms with Gasteiger partial charge in [-0.1, -0.05) is 57.0 Å². The number of nitrogens with zero attached hydrogens (tertiary/aromatic N) is 1. The fourth-order valence-corrected chi connectivity index (χ4v) is 2.34. The molecule has 0 saturated carbocycles. The van der Waals surface area contributed by atoms with E-state index < -0.39 is 23.5 Å². The van der Waals surface area contributed by atoms with Crippen LogP contribution in [0.4, 0.5) is 17.6 Å². The maximum absolute atomic E-state index is 14.1. The Kier molecular flexibility index (Phi) is 9.10. The van der Waals surface area contributed by atoms with Gasteiger partial charge in [-0.2, -0.15) is 13.2 Å². The SMILES string of the molecule is CCCCN(CCCC)C(=O)/C(=C/C(F)=C/c1ccccc1)C(F)(F)F. The van der Waals surface area contributed by atoms with E-state index in [0.29, 0.717) is 24.5 Å². The highest BCUT2D eigenvalue weighted by atomic mass is 19.4. The van der Waals surface area contributed by atoms with E-state index >= 15 is 0 Å². The molecule has 0 aliphatic heterocycles. The van der Waals surface area contributed by atoms with E-state index in [1.54, 1.807) is 30.3 Å². The summed E-state index contributed by atoms with van der Waals surface area (Å²) in [5.74, 6) is -2.28. The normalized spacial score (nSPS) is 13.0. The van der Waals surface area contributed by atoms with Crippen molar-refractivity contribution in [2.45, 2.75) is 45.7 Å². The minimum atomic E-state index is -4.92. The molecule has 1 rings (SSSR count). The zero-order valence-corrected chi connectivity index (χ0v) is 15.2. The van der Waals surface area contributed by atoms with Gasteiger partial charge in [-0.3, -0.25) is 4.79 Å². The minimum absolute atomic E-state index is 0.229. The summed E-state index contributed by atoms with van der Waals surface area (Å²) in [5.41, 5.74) is -1.06. The van der Waals surface area contributed by atoms with Gasteiger partial charge >= 0.3 is 6.18 Å². The van der Waals surface area contributed by atoms with Gasteiger partial charge < -0.3 is 4.90 Å². The highest BCUT2D eigenvalue weighted by Crippen LogP contribution is 2.29. The van der Waals surface area contributed by atoms with Crippen LogP contribution in [0.3, 0.4) is 0 Å². The van der Waals surface area contributed by atoms with Gasteiger partial charge in [0.2, 0.25) is 0 Å². The molecule has 144 valence electrons. The average Bonchev–Trinajstić information content (AvgIpc) is 2.59. The molecule has 0 bridgehead atoms. The van der Waals surface area contributed by atoms with Crippen molar-refractivity contribution < 1.29 is 22.4 Å². The highest BCUT2D eigenvalue weighted by Gasteiger charge is 2.40. The van der Waals surface area contributed by atoms with Gasteiger partial charge in [0.05, 0.1) is 0 Å². The monoisotopic (exact) mass is 371 g/mol. The number of carbonyl (C=O) groups is 1. The largest absolute Gasteiger partial charge is 0.421 e. The lowest BCUT2D eigenvalue weighted by Gasteiger charge is -2.24. The number of benzene rings is 1. The first-order valence-corrected chi connectivity index (χ1v) is 8.80. The second kappa shape index (κ2) is 10.8. The standard InChI is InChI=1S/C20H25F4NO/c1-3-5-12-25(13-6-4-2)19(26)18(20(22,23)24)15-17(21)14-16-10-8-7-9-11-16/h7-11,14-15H,3-6,12-13H2,1-2H3/b17-14-,18-15-. The summed E-state index contributed by atoms with van der Waals surface area (Å²) in [5, 5.41) is 0. The van der Waals surface area contributed by atoms with Crippen molar-refractivity contribution in [3.63, 3.8) is 0 Å². The molecule has 0 saturated heterocycles. The maximum atomic E-state index is 14.1. The number of rotatable bonds is 9. The van der Waals surface area contributed by atoms with Crippen molar-refractivity contribution in [2.75, 3.05) is 13.1 Å². The molecule has 0 aliphatic rings. The van der Waals surface area contributed by atoms with Crippen LogP contribution in [0.25, 0.3) is 6.08 Å². The van der Waals surface area contributed by atoms with Crippen LogP contribution in [-0.2, 0) is 4.79 Å². The van der Waals surface area contributed by atoms with Crippen LogP contribution in [0, 0.1) is 0 Å². The first-order chi connectivity index (χ1) is 12.3. The molecular formula is C20H25F4NO. The number of halogens is 4. The predicted molar refractivity (Wildman–Crippen MR) is 96.1 cm³/mol. The molecule has 1 aromatic carbocycles. The average molecular weight is 371 g/mol. The molecule has 1 aromatic rings. The second-order valence-electron chi connectivity index (χ2n) is 5.99. The van der Waals surface area contributed by atoms with Crippen LogP contribution >= 0.6 is 0 Å². The predicted octanol–water partition coefficient (Wildman–Crippen LogP) is 5.91. The molecule has 0 spiro atoms. The number of hydrogen-bond acceptors (Lipinski definition) is 1. The molecule has 0 unspecified atom stereocenters. The number of amides is 1. The summed E-state index contributed by atoms with van der Waals surface area (Å²) >= 11 is 0. The van der Waals surface area contributed by atoms with Crippen molar-refractivity contribution in [2.24, 2.45) is 0 Å². The molecule has 0 fully saturated rings. The first kappa shape index (κ1) is 21.9. The van der Waals surface area contributed by atoms with Crippen LogP contribution in [0.1, 0.15) is 45.1 Å². The molecule has 0 atom stereocenters. The van der Waals surface area contributed by atoms with Gasteiger partial charge in [0.1, 0.15) is 11.4 Å². The second-order valence-corrected chi connectivity index (χ2v) is 5.99. The zero-order chi connectivity index (χ0) is 19.6. The van der Waals surface area contributed by atoms with Gasteiger partial charge in [0.25, 0.3) is 5.91 Å². The summed E-state index contributed by atoms with van der Waals surface area (Å²) in [4.78, 5) is 13.6. The van der Waals surface area contributed by atoms with E-state index in [-0.39, 0.29) is 13.1 Å². The number of unbranched alkanes of at least 4 members (excludes halogenated alkanes) is 2. The lowest BCUT2D eigenvalue weighted by molar-refractivity contribution is -0.139. The smallest absolute Gasteiger partial charge is 0.339 e. The molecule has 2 nitrogen and oxygen atoms in total. The molecular weight excluding hydrogens is 346 g/mol. The van der Waals surface area contributed by atoms with E-state index in [9.17, 15) is 22.4 Å². The van der Waals surface area contributed by atoms with E-state index in [4.69, 9.17) is 0 Å². The summed E-state index contributed by atoms with van der Waals surface area (Å²) in [6, 6.07) is 8.15. The van der Waals surface area contributed by atoms with Crippen LogP contribution in [-0.4, -0.2) is 30.1 Å². The molecule has 0 N–H and O–H groups in total. The van der Waals surface area contributed by atoms with Crippen LogP contribution in [0.5, 0.6) is 0 Å². The molecule has 26 heavy (non-hydrogen) atoms. The third-order valence-electron chi connectivity index (χ3n) is 3.77. The van der Waals surface area contributed by atoms with E-state index in [1.807, 2.05) is 13.8 Å². The fraction of sp³-hybridized carbons (Fsp3) is 0.450. The van der Waals surface area contributed by atoms with Gasteiger partial charge in [0.15, 0.2) is 0 Å². The van der Waals surface area contributed by atoms with E-state index in [1.165, 1.54) is 4.90 Å². The summed E-state index contributed by atoms with van der Waals surface area (Å²) in [6.45, 7) is 4.25. The van der Waals surface area contributed by atoms with Crippen molar-refractivity contribution >= 4 is 12.0 Å². The molecule has 0 heterocycles. The summed E-state index contributed by atoms with van der Waals surface area (Å²) in [6.07, 6.45) is -0.949. The lowest BCUT2D eigenvalue weighted by atomic mass is 10.1. The summed E-state index contributed by atoms with van der Waals surface area (Å²) < 4.78 is 54.2. The van der Waals surface area contributed by atoms with Crippen LogP contribution in [0.2, 0.25) is 0 Å². The van der Waals surface area contributed by atoms with Crippen LogP contribution < -0.4 is 0 Å². The Bertz CT molecular complexity index is 612. The Morgan fingerprint density at radius 1 is 1.04 bits per heavy atom. The molecule has 0 aromatic heterocycles. The zero-order valence-electron chi connectivity index (χ0n) is 15.2. The molecule has 1 amide bonds. The Balaban J connectivity index is 3.13. The Morgan fingerprint density at radius 2 is 1.58 bits per heavy atom. The van der Waals surface area contributed by atoms with E-state index in [0.717, 1.165) is 18.9 Å². The molecule has 6 heteroatoms. The third kappa shape index (κ3) is 7.42. The number of carbonyl (C=O) groups excluding carboxylic acids is 1. The van der Waals surface area contributed by atoms with Gasteiger partial charge in [-0.05, 0) is 30.6 Å². The number of hydrogen-bond donors (Lipinski definition) is 0. The first-order valence-electron chi connectivity index (χ1n) is 8.80. The molecule has 0 radical (unpaired) electrons. The topological polar surface area (TPSA) is 20.3 Å². The summed E-state index contributed by atoms with van der Waals surface area (Å²) in [7, 11) is 0. The van der Waals surface area contributed by atoms with Crippen molar-refractivity contribution in [3.8, 4) is 0 Å². The number of alkyl halides is 3. The van der Waals surface area contributed by atoms with Gasteiger partial charge in [-0.15, -0.1) is 0 Å². The third-order valence-corrected chi connectivity index (χ3v) is 3.77. The lowest BCUT2D eigenvalue weighted by Crippen LogP contribution is -2.38. The highest BCUT2D eigenvalue weighted by molar-refractivity contribution is 5.95. The van der Waals surface area contributed by atoms with Crippen LogP contribution in [0.15, 0.2) is 47.8 Å². The van der Waals surface area contributed by atoms with Gasteiger partial charge in [-0.25, -0.2) is 4.39 Å². The number of allylic oxidation sites excluding steroid dienone is 2. The van der Waals surface area contributed by atoms with E-state index in [2.05, 4.69) is 0 Å². The van der Waals surface area contributed by atoms with Crippen molar-refractivity contribution in [3.05, 3.63) is 53.4 Å². The Labute approximate surface area is 152 Å². The van der Waals surface area contributed by atoms with Crippen molar-refractivity contribution in [1.29, 1.82) is 0 Å². The maximum Gasteiger partial charge on any atom is 0.421 e. The van der Waals surface area contributed by atoms with Crippen molar-refractivity contribution in [1.82, 2.24) is 4.90 Å². The van der Waals surface area contributed by atoms with Gasteiger partial charge in [0, 0.05) is 13.1 Å². The Morgan fingerprint density at radius 3 is 2.04 bits per heavy atom. The minimum Gasteiger partial charge on any atom is -0.339 e.